The Bertz CT molecular complexity index is 1590. The van der Waals surface area contributed by atoms with Gasteiger partial charge in [-0.25, -0.2) is 9.97 Å². The Labute approximate surface area is 248 Å². The van der Waals surface area contributed by atoms with Crippen LogP contribution in [0, 0.1) is 6.92 Å². The Balaban J connectivity index is 1.10. The highest BCUT2D eigenvalue weighted by atomic mass is 32.1. The van der Waals surface area contributed by atoms with Gasteiger partial charge in [0.25, 0.3) is 5.91 Å². The quantitative estimate of drug-likeness (QED) is 0.226. The summed E-state index contributed by atoms with van der Waals surface area (Å²) < 4.78 is 6.22. The van der Waals surface area contributed by atoms with E-state index in [2.05, 4.69) is 42.7 Å². The number of benzene rings is 1. The number of ether oxygens (including phenoxy) is 1. The molecule has 218 valence electrons. The summed E-state index contributed by atoms with van der Waals surface area (Å²) in [4.78, 5) is 38.3. The molecule has 2 fully saturated rings. The van der Waals surface area contributed by atoms with Crippen LogP contribution in [-0.4, -0.2) is 80.5 Å². The second-order valence-corrected chi connectivity index (χ2v) is 11.7. The Morgan fingerprint density at radius 3 is 2.81 bits per heavy atom. The maximum atomic E-state index is 12.9. The Morgan fingerprint density at radius 2 is 2.05 bits per heavy atom. The lowest BCUT2D eigenvalue weighted by atomic mass is 10.1. The number of fused-ring (bicyclic) bond motifs is 1. The molecule has 4 heterocycles. The molecular weight excluding hydrogens is 552 g/mol. The minimum atomic E-state index is -0.232. The molecule has 42 heavy (non-hydrogen) atoms. The number of piperidine rings is 1. The molecule has 3 aromatic heterocycles. The molecule has 1 atom stereocenters. The number of pyridine rings is 1. The van der Waals surface area contributed by atoms with Crippen molar-refractivity contribution in [2.45, 2.75) is 44.7 Å². The van der Waals surface area contributed by atoms with Crippen LogP contribution in [-0.2, 0) is 4.79 Å². The molecule has 0 spiro atoms. The lowest BCUT2D eigenvalue weighted by Gasteiger charge is -2.32. The number of carbonyl (C=O) groups excluding carboxylic acids is 2. The van der Waals surface area contributed by atoms with Crippen molar-refractivity contribution >= 4 is 45.1 Å². The van der Waals surface area contributed by atoms with E-state index in [1.807, 2.05) is 23.3 Å². The first-order valence-electron chi connectivity index (χ1n) is 14.2. The molecule has 11 nitrogen and oxygen atoms in total. The molecule has 3 N–H and O–H groups in total. The summed E-state index contributed by atoms with van der Waals surface area (Å²) in [6, 6.07) is 9.43. The monoisotopic (exact) mass is 586 g/mol. The van der Waals surface area contributed by atoms with Gasteiger partial charge < -0.3 is 15.0 Å². The SMILES string of the molecule is Cc1csc(NC(=O)c2ccc(Oc3ccnc4[nH]nc(N[C@@H]5CCCN(C(=O)C=CCN(C)C6CC6)C5)c34)cc2)n1. The molecule has 1 saturated carbocycles. The lowest BCUT2D eigenvalue weighted by Crippen LogP contribution is -2.44. The van der Waals surface area contributed by atoms with Crippen LogP contribution in [0.15, 0.2) is 54.1 Å². The third-order valence-electron chi connectivity index (χ3n) is 7.50. The summed E-state index contributed by atoms with van der Waals surface area (Å²) >= 11 is 1.39. The standard InChI is InChI=1S/C30H34N8O3S/c1-19-18-42-30(32-19)34-29(40)20-7-11-23(12-8-20)41-24-13-14-31-27-26(24)28(36-35-27)33-21-5-3-16-38(17-21)25(39)6-4-15-37(2)22-9-10-22/h4,6-8,11-14,18,21-22H,3,5,9-10,15-17H2,1-2H3,(H,32,34,40)(H2,31,33,35,36)/t21-/m1/s1. The maximum Gasteiger partial charge on any atom is 0.257 e. The number of rotatable bonds is 10. The number of nitrogens with one attached hydrogen (secondary N) is 3. The first kappa shape index (κ1) is 27.9. The second-order valence-electron chi connectivity index (χ2n) is 10.8. The van der Waals surface area contributed by atoms with Crippen molar-refractivity contribution in [1.29, 1.82) is 0 Å². The van der Waals surface area contributed by atoms with Crippen LogP contribution in [0.5, 0.6) is 11.5 Å². The minimum absolute atomic E-state index is 0.0437. The van der Waals surface area contributed by atoms with E-state index in [9.17, 15) is 9.59 Å². The number of carbonyl (C=O) groups is 2. The molecule has 12 heteroatoms. The van der Waals surface area contributed by atoms with E-state index >= 15 is 0 Å². The van der Waals surface area contributed by atoms with Gasteiger partial charge in [0, 0.05) is 61.0 Å². The van der Waals surface area contributed by atoms with Crippen molar-refractivity contribution in [2.75, 3.05) is 37.3 Å². The largest absolute Gasteiger partial charge is 0.456 e. The van der Waals surface area contributed by atoms with Gasteiger partial charge in [-0.15, -0.1) is 11.3 Å². The summed E-state index contributed by atoms with van der Waals surface area (Å²) in [6.07, 6.45) is 9.66. The van der Waals surface area contributed by atoms with E-state index in [4.69, 9.17) is 4.74 Å². The van der Waals surface area contributed by atoms with Gasteiger partial charge in [0.2, 0.25) is 5.91 Å². The number of amides is 2. The highest BCUT2D eigenvalue weighted by Crippen LogP contribution is 2.34. The van der Waals surface area contributed by atoms with E-state index in [1.54, 1.807) is 42.6 Å². The smallest absolute Gasteiger partial charge is 0.257 e. The van der Waals surface area contributed by atoms with Gasteiger partial charge in [-0.05, 0) is 63.9 Å². The van der Waals surface area contributed by atoms with Gasteiger partial charge in [0.15, 0.2) is 16.6 Å². The predicted octanol–water partition coefficient (Wildman–Crippen LogP) is 4.82. The van der Waals surface area contributed by atoms with Crippen LogP contribution in [0.2, 0.25) is 0 Å². The number of aromatic amines is 1. The van der Waals surface area contributed by atoms with Crippen molar-refractivity contribution in [3.63, 3.8) is 0 Å². The zero-order chi connectivity index (χ0) is 29.1. The number of likely N-dealkylation sites (N-methyl/N-ethyl adjacent to an activating group) is 1. The minimum Gasteiger partial charge on any atom is -0.456 e. The number of thiazole rings is 1. The summed E-state index contributed by atoms with van der Waals surface area (Å²) in [6.45, 7) is 4.02. The molecule has 6 rings (SSSR count). The van der Waals surface area contributed by atoms with Crippen molar-refractivity contribution < 1.29 is 14.3 Å². The fraction of sp³-hybridized carbons (Fsp3) is 0.367. The summed E-state index contributed by atoms with van der Waals surface area (Å²) in [7, 11) is 2.11. The van der Waals surface area contributed by atoms with Crippen LogP contribution >= 0.6 is 11.3 Å². The Morgan fingerprint density at radius 1 is 1.21 bits per heavy atom. The number of nitrogens with zero attached hydrogens (tertiary/aromatic N) is 5. The van der Waals surface area contributed by atoms with Gasteiger partial charge >= 0.3 is 0 Å². The molecule has 2 amide bonds. The van der Waals surface area contributed by atoms with Gasteiger partial charge in [0.05, 0.1) is 5.69 Å². The normalized spacial score (nSPS) is 17.2. The molecule has 0 bridgehead atoms. The Kier molecular flexibility index (Phi) is 8.15. The predicted molar refractivity (Wildman–Crippen MR) is 163 cm³/mol. The second kappa shape index (κ2) is 12.3. The average molecular weight is 587 g/mol. The van der Waals surface area contributed by atoms with Crippen molar-refractivity contribution in [1.82, 2.24) is 30.0 Å². The number of hydrogen-bond donors (Lipinski definition) is 3. The van der Waals surface area contributed by atoms with Crippen molar-refractivity contribution in [3.8, 4) is 11.5 Å². The fourth-order valence-corrected chi connectivity index (χ4v) is 5.76. The van der Waals surface area contributed by atoms with Crippen molar-refractivity contribution in [3.05, 3.63) is 65.3 Å². The van der Waals surface area contributed by atoms with E-state index in [1.165, 1.54) is 24.2 Å². The van der Waals surface area contributed by atoms with E-state index in [0.717, 1.165) is 37.0 Å². The summed E-state index contributed by atoms with van der Waals surface area (Å²) in [5.74, 6) is 1.60. The van der Waals surface area contributed by atoms with Crippen LogP contribution in [0.25, 0.3) is 11.0 Å². The van der Waals surface area contributed by atoms with Crippen LogP contribution in [0.1, 0.15) is 41.7 Å². The summed E-state index contributed by atoms with van der Waals surface area (Å²) in [5.41, 5.74) is 1.96. The highest BCUT2D eigenvalue weighted by molar-refractivity contribution is 7.13. The van der Waals surface area contributed by atoms with Crippen molar-refractivity contribution in [2.24, 2.45) is 0 Å². The number of H-pyrrole nitrogens is 1. The molecule has 4 aromatic rings. The lowest BCUT2D eigenvalue weighted by molar-refractivity contribution is -0.127. The molecule has 1 aromatic carbocycles. The first-order chi connectivity index (χ1) is 20.4. The number of aromatic nitrogens is 4. The average Bonchev–Trinajstić information content (AvgIpc) is 3.66. The molecule has 1 aliphatic heterocycles. The van der Waals surface area contributed by atoms with Gasteiger partial charge in [0.1, 0.15) is 16.9 Å². The number of hydrogen-bond acceptors (Lipinski definition) is 9. The van der Waals surface area contributed by atoms with Gasteiger partial charge in [-0.2, -0.15) is 5.10 Å². The molecule has 0 unspecified atom stereocenters. The third-order valence-corrected chi connectivity index (χ3v) is 8.38. The molecule has 1 aliphatic carbocycles. The van der Waals surface area contributed by atoms with Gasteiger partial charge in [-0.1, -0.05) is 6.08 Å². The third kappa shape index (κ3) is 6.60. The van der Waals surface area contributed by atoms with E-state index < -0.39 is 0 Å². The van der Waals surface area contributed by atoms with Crippen LogP contribution < -0.4 is 15.4 Å². The highest BCUT2D eigenvalue weighted by Gasteiger charge is 2.26. The molecule has 2 aliphatic rings. The first-order valence-corrected chi connectivity index (χ1v) is 15.1. The number of aryl methyl sites for hydroxylation is 1. The van der Waals surface area contributed by atoms with Crippen LogP contribution in [0.3, 0.4) is 0 Å². The number of likely N-dealkylation sites (tertiary alicyclic amines) is 1. The topological polar surface area (TPSA) is 128 Å². The van der Waals surface area contributed by atoms with Gasteiger partial charge in [-0.3, -0.25) is 24.9 Å². The molecular formula is C30H34N8O3S. The zero-order valence-electron chi connectivity index (χ0n) is 23.7. The van der Waals surface area contributed by atoms with E-state index in [-0.39, 0.29) is 17.9 Å². The fourth-order valence-electron chi connectivity index (χ4n) is 5.07. The van der Waals surface area contributed by atoms with E-state index in [0.29, 0.717) is 46.2 Å². The molecule has 1 saturated heterocycles. The zero-order valence-corrected chi connectivity index (χ0v) is 24.5. The maximum absolute atomic E-state index is 12.9. The van der Waals surface area contributed by atoms with Crippen LogP contribution in [0.4, 0.5) is 10.9 Å². The summed E-state index contributed by atoms with van der Waals surface area (Å²) in [5, 5.41) is 17.0. The molecule has 0 radical (unpaired) electrons. The Hall–Kier alpha value is -4.29. The number of anilines is 2.